The van der Waals surface area contributed by atoms with Gasteiger partial charge in [-0.15, -0.1) is 17.9 Å². The smallest absolute Gasteiger partial charge is 0.258 e. The van der Waals surface area contributed by atoms with E-state index in [1.54, 1.807) is 28.7 Å². The maximum absolute atomic E-state index is 14.9. The molecule has 0 amide bonds. The molecule has 0 aliphatic carbocycles. The van der Waals surface area contributed by atoms with Gasteiger partial charge in [0, 0.05) is 62.2 Å². The van der Waals surface area contributed by atoms with E-state index in [1.807, 2.05) is 6.07 Å². The lowest BCUT2D eigenvalue weighted by Gasteiger charge is -2.34. The molecule has 0 radical (unpaired) electrons. The fourth-order valence-electron chi connectivity index (χ4n) is 10.6. The van der Waals surface area contributed by atoms with Crippen LogP contribution >= 0.6 is 11.3 Å². The molecule has 0 N–H and O–H groups in total. The molecule has 3 atom stereocenters. The minimum absolute atomic E-state index is 0.0392. The van der Waals surface area contributed by atoms with Gasteiger partial charge in [0.1, 0.15) is 17.5 Å². The summed E-state index contributed by atoms with van der Waals surface area (Å²) in [6, 6.07) is 32.9. The van der Waals surface area contributed by atoms with Crippen molar-refractivity contribution in [2.45, 2.75) is 85.1 Å². The summed E-state index contributed by atoms with van der Waals surface area (Å²) >= 11 is 1.73. The number of hydrogen-bond donors (Lipinski definition) is 0. The maximum Gasteiger partial charge on any atom is 0.297 e. The first kappa shape index (κ1) is 37.1. The highest BCUT2D eigenvalue weighted by molar-refractivity contribution is 7.26. The Morgan fingerprint density at radius 3 is 2.40 bits per heavy atom. The van der Waals surface area contributed by atoms with Crippen molar-refractivity contribution in [2.75, 3.05) is 0 Å². The van der Waals surface area contributed by atoms with Gasteiger partial charge < -0.3 is 0 Å². The van der Waals surface area contributed by atoms with Crippen molar-refractivity contribution in [3.05, 3.63) is 149 Å². The van der Waals surface area contributed by atoms with Gasteiger partial charge in [-0.05, 0) is 86.2 Å². The van der Waals surface area contributed by atoms with E-state index >= 15 is 0 Å². The summed E-state index contributed by atoms with van der Waals surface area (Å²) in [5.74, 6) is 1.61. The monoisotopic (exact) mass is 798 g/mol. The van der Waals surface area contributed by atoms with Crippen molar-refractivity contribution in [3.8, 4) is 28.3 Å². The molecule has 0 bridgehead atoms. The fraction of sp³-hybridized carbons (Fsp3) is 0.275. The highest BCUT2D eigenvalue weighted by Crippen LogP contribution is 2.55. The van der Waals surface area contributed by atoms with Gasteiger partial charge in [0.25, 0.3) is 5.82 Å². The van der Waals surface area contributed by atoms with Crippen LogP contribution in [-0.2, 0) is 6.42 Å². The lowest BCUT2D eigenvalue weighted by Crippen LogP contribution is -2.56. The number of para-hydroxylation sites is 2. The zero-order chi connectivity index (χ0) is 40.4. The van der Waals surface area contributed by atoms with Crippen molar-refractivity contribution in [3.63, 3.8) is 0 Å². The van der Waals surface area contributed by atoms with Crippen LogP contribution in [0.2, 0.25) is 19.6 Å². The molecule has 8 aromatic rings. The Morgan fingerprint density at radius 1 is 0.914 bits per heavy atom. The molecule has 2 aliphatic rings. The number of fused-ring (bicyclic) bond motifs is 12. The Kier molecular flexibility index (Phi) is 8.56. The maximum atomic E-state index is 14.9. The molecule has 0 spiro atoms. The summed E-state index contributed by atoms with van der Waals surface area (Å²) in [5, 5.41) is 3.88. The zero-order valence-corrected chi connectivity index (χ0v) is 36.6. The van der Waals surface area contributed by atoms with Crippen molar-refractivity contribution >= 4 is 55.8 Å². The summed E-state index contributed by atoms with van der Waals surface area (Å²) in [6.07, 6.45) is 6.61. The molecule has 0 saturated carbocycles. The third-order valence-electron chi connectivity index (χ3n) is 12.7. The molecule has 6 heterocycles. The van der Waals surface area contributed by atoms with Crippen LogP contribution in [0, 0.1) is 32.5 Å². The number of halogens is 1. The van der Waals surface area contributed by atoms with Gasteiger partial charge in [-0.25, -0.2) is 8.96 Å². The molecular weight excluding hydrogens is 748 g/mol. The van der Waals surface area contributed by atoms with Crippen molar-refractivity contribution < 1.29 is 13.5 Å². The second kappa shape index (κ2) is 13.4. The molecule has 3 unspecified atom stereocenters. The first-order chi connectivity index (χ1) is 27.8. The third kappa shape index (κ3) is 5.53. The predicted octanol–water partition coefficient (Wildman–Crippen LogP) is 11.9. The quantitative estimate of drug-likeness (QED) is 0.0896. The summed E-state index contributed by atoms with van der Waals surface area (Å²) in [4.78, 5) is 4.81. The number of nitrogens with zero attached hydrogens (tertiary/aromatic N) is 4. The minimum Gasteiger partial charge on any atom is -0.258 e. The molecule has 0 fully saturated rings. The van der Waals surface area contributed by atoms with Crippen LogP contribution < -0.4 is 14.3 Å². The average molecular weight is 799 g/mol. The first-order valence-electron chi connectivity index (χ1n) is 20.8. The predicted molar refractivity (Wildman–Crippen MR) is 242 cm³/mol. The number of imidazole rings is 1. The highest BCUT2D eigenvalue weighted by Gasteiger charge is 2.54. The second-order valence-electron chi connectivity index (χ2n) is 18.2. The topological polar surface area (TPSA) is 25.6 Å². The Hall–Kier alpha value is -5.24. The summed E-state index contributed by atoms with van der Waals surface area (Å²) < 4.78 is 24.9. The van der Waals surface area contributed by atoms with E-state index < -0.39 is 8.07 Å². The molecule has 2 aliphatic heterocycles. The first-order valence-corrected chi connectivity index (χ1v) is 25.1. The van der Waals surface area contributed by atoms with Crippen LogP contribution in [-0.4, -0.2) is 17.6 Å². The van der Waals surface area contributed by atoms with Crippen LogP contribution in [0.4, 0.5) is 4.39 Å². The van der Waals surface area contributed by atoms with Crippen LogP contribution in [0.15, 0.2) is 110 Å². The average Bonchev–Trinajstić information content (AvgIpc) is 3.81. The van der Waals surface area contributed by atoms with Crippen molar-refractivity contribution in [2.24, 2.45) is 5.92 Å². The van der Waals surface area contributed by atoms with Crippen molar-refractivity contribution in [1.29, 1.82) is 0 Å². The minimum atomic E-state index is -1.74. The van der Waals surface area contributed by atoms with Crippen LogP contribution in [0.3, 0.4) is 0 Å². The molecule has 290 valence electrons. The van der Waals surface area contributed by atoms with E-state index in [1.165, 1.54) is 60.5 Å². The standard InChI is InChI=1S/C51H51FN4SSi/c1-10-15-42-47(37-17-12-11-16-36(37)43-26-33(22-29(2)3)45(28-54(42)43)58(7,8)9)49-39-23-30(4)46-38-21-20-34(52)27-44(38)57-50(46)48(39)51-55(35-24-31(5)53-32(6)25-35)40-18-13-14-19-41(40)56(49)51/h10-14,16-21,23-29,42,47,49H,1,15,22H2,2-9H3/q+2. The number of thiophene rings is 1. The number of hydrogen-bond acceptors (Lipinski definition) is 2. The Labute approximate surface area is 346 Å². The van der Waals surface area contributed by atoms with E-state index in [0.717, 1.165) is 45.5 Å². The van der Waals surface area contributed by atoms with E-state index in [0.29, 0.717) is 5.92 Å². The molecule has 4 nitrogen and oxygen atoms in total. The summed E-state index contributed by atoms with van der Waals surface area (Å²) in [5.41, 5.74) is 14.7. The van der Waals surface area contributed by atoms with Gasteiger partial charge in [0.15, 0.2) is 23.3 Å². The Balaban J connectivity index is 1.35. The summed E-state index contributed by atoms with van der Waals surface area (Å²) in [7, 11) is -1.74. The highest BCUT2D eigenvalue weighted by atomic mass is 32.1. The molecular formula is C51H51FN4SSi+2. The lowest BCUT2D eigenvalue weighted by molar-refractivity contribution is -0.738. The fourth-order valence-corrected chi connectivity index (χ4v) is 13.6. The van der Waals surface area contributed by atoms with Gasteiger partial charge in [-0.3, -0.25) is 4.98 Å². The molecule has 10 rings (SSSR count). The summed E-state index contributed by atoms with van der Waals surface area (Å²) in [6.45, 7) is 23.0. The normalized spacial score (nSPS) is 17.2. The van der Waals surface area contributed by atoms with E-state index in [4.69, 9.17) is 4.98 Å². The molecule has 4 aromatic carbocycles. The number of allylic oxidation sites excluding steroid dienone is 1. The Morgan fingerprint density at radius 2 is 1.66 bits per heavy atom. The lowest BCUT2D eigenvalue weighted by atomic mass is 9.75. The second-order valence-corrected chi connectivity index (χ2v) is 24.3. The number of benzene rings is 4. The number of pyridine rings is 2. The SMILES string of the molecule is C=CCC1C(C2c3cc(C)c4c(sc5cc(F)ccc54)c3-c3n(-c4cc(C)nc(C)c4)c4ccccc4[n+]32)c2ccccc2-c2cc(CC(C)C)c([Si](C)(C)C)c[n+]21. The zero-order valence-electron chi connectivity index (χ0n) is 34.8. The van der Waals surface area contributed by atoms with E-state index in [9.17, 15) is 4.39 Å². The molecule has 58 heavy (non-hydrogen) atoms. The van der Waals surface area contributed by atoms with Gasteiger partial charge in [0.05, 0.1) is 29.8 Å². The Bertz CT molecular complexity index is 3000. The van der Waals surface area contributed by atoms with E-state index in [-0.39, 0.29) is 23.8 Å². The van der Waals surface area contributed by atoms with Crippen LogP contribution in [0.1, 0.15) is 71.9 Å². The molecule has 4 aromatic heterocycles. The van der Waals surface area contributed by atoms with Gasteiger partial charge in [0.2, 0.25) is 5.69 Å². The van der Waals surface area contributed by atoms with Gasteiger partial charge in [-0.1, -0.05) is 76.0 Å². The molecule has 7 heteroatoms. The van der Waals surface area contributed by atoms with Crippen molar-refractivity contribution in [1.82, 2.24) is 9.55 Å². The largest absolute Gasteiger partial charge is 0.297 e. The van der Waals surface area contributed by atoms with Gasteiger partial charge in [-0.2, -0.15) is 9.13 Å². The number of aromatic nitrogens is 4. The third-order valence-corrected chi connectivity index (χ3v) is 15.9. The molecule has 0 saturated heterocycles. The van der Waals surface area contributed by atoms with Gasteiger partial charge >= 0.3 is 0 Å². The van der Waals surface area contributed by atoms with Crippen LogP contribution in [0.25, 0.3) is 59.5 Å². The number of rotatable bonds is 7. The van der Waals surface area contributed by atoms with Crippen LogP contribution in [0.5, 0.6) is 0 Å². The number of aryl methyl sites for hydroxylation is 3. The van der Waals surface area contributed by atoms with E-state index in [2.05, 4.69) is 160 Å².